The molecule has 1 aromatic heterocycles. The van der Waals surface area contributed by atoms with E-state index in [-0.39, 0.29) is 11.4 Å². The molecule has 0 fully saturated rings. The van der Waals surface area contributed by atoms with E-state index in [4.69, 9.17) is 0 Å². The van der Waals surface area contributed by atoms with Gasteiger partial charge in [0.05, 0.1) is 4.92 Å². The van der Waals surface area contributed by atoms with Crippen LogP contribution in [0, 0.1) is 15.9 Å². The Hall–Kier alpha value is -2.70. The summed E-state index contributed by atoms with van der Waals surface area (Å²) in [7, 11) is 3.74. The zero-order valence-electron chi connectivity index (χ0n) is 11.7. The fourth-order valence-electron chi connectivity index (χ4n) is 1.82. The maximum atomic E-state index is 13.2. The number of hydrogen-bond acceptors (Lipinski definition) is 5. The Kier molecular flexibility index (Phi) is 4.32. The van der Waals surface area contributed by atoms with Crippen molar-refractivity contribution in [1.82, 2.24) is 4.98 Å². The van der Waals surface area contributed by atoms with Crippen molar-refractivity contribution in [3.8, 4) is 0 Å². The van der Waals surface area contributed by atoms with Crippen LogP contribution in [-0.4, -0.2) is 24.0 Å². The number of anilines is 2. The third-order valence-corrected chi connectivity index (χ3v) is 2.91. The zero-order valence-corrected chi connectivity index (χ0v) is 11.7. The topological polar surface area (TPSA) is 71.3 Å². The van der Waals surface area contributed by atoms with Gasteiger partial charge in [-0.05, 0) is 23.8 Å². The number of nitro benzene ring substituents is 1. The molecule has 0 unspecified atom stereocenters. The molecule has 110 valence electrons. The summed E-state index contributed by atoms with van der Waals surface area (Å²) in [6, 6.07) is 6.99. The molecule has 21 heavy (non-hydrogen) atoms. The first-order valence-corrected chi connectivity index (χ1v) is 6.27. The van der Waals surface area contributed by atoms with Gasteiger partial charge in [-0.2, -0.15) is 0 Å². The van der Waals surface area contributed by atoms with E-state index in [1.807, 2.05) is 25.1 Å². The first-order chi connectivity index (χ1) is 9.97. The Balaban J connectivity index is 2.18. The molecule has 0 aliphatic carbocycles. The van der Waals surface area contributed by atoms with E-state index in [0.717, 1.165) is 29.6 Å². The SMILES string of the molecule is CN(C)c1cc(CNc2cc(F)ccc2[N+](=O)[O-])ccn1. The van der Waals surface area contributed by atoms with E-state index < -0.39 is 10.7 Å². The normalized spacial score (nSPS) is 10.2. The average Bonchev–Trinajstić information content (AvgIpc) is 2.45. The van der Waals surface area contributed by atoms with Gasteiger partial charge in [-0.3, -0.25) is 10.1 Å². The second-order valence-corrected chi connectivity index (χ2v) is 4.69. The minimum atomic E-state index is -0.542. The zero-order chi connectivity index (χ0) is 15.4. The molecule has 0 aliphatic rings. The van der Waals surface area contributed by atoms with Crippen molar-refractivity contribution in [3.63, 3.8) is 0 Å². The molecule has 1 heterocycles. The Morgan fingerprint density at radius 3 is 2.76 bits per heavy atom. The number of benzene rings is 1. The van der Waals surface area contributed by atoms with Crippen molar-refractivity contribution in [2.24, 2.45) is 0 Å². The standard InChI is InChI=1S/C14H15FN4O2/c1-18(2)14-7-10(5-6-16-14)9-17-12-8-11(15)3-4-13(12)19(20)21/h3-8,17H,9H2,1-2H3. The molecule has 1 aromatic carbocycles. The molecular weight excluding hydrogens is 275 g/mol. The Bertz CT molecular complexity index is 661. The molecule has 0 aliphatic heterocycles. The van der Waals surface area contributed by atoms with Crippen LogP contribution in [0.5, 0.6) is 0 Å². The molecule has 1 N–H and O–H groups in total. The lowest BCUT2D eigenvalue weighted by Crippen LogP contribution is -2.11. The summed E-state index contributed by atoms with van der Waals surface area (Å²) < 4.78 is 13.2. The molecule has 6 nitrogen and oxygen atoms in total. The summed E-state index contributed by atoms with van der Waals surface area (Å²) in [5.41, 5.74) is 0.897. The van der Waals surface area contributed by atoms with Crippen LogP contribution in [0.4, 0.5) is 21.6 Å². The molecule has 0 atom stereocenters. The lowest BCUT2D eigenvalue weighted by atomic mass is 10.2. The maximum Gasteiger partial charge on any atom is 0.292 e. The molecule has 0 spiro atoms. The first kappa shape index (κ1) is 14.7. The summed E-state index contributed by atoms with van der Waals surface area (Å²) in [6.45, 7) is 0.341. The van der Waals surface area contributed by atoms with Gasteiger partial charge >= 0.3 is 0 Å². The van der Waals surface area contributed by atoms with Gasteiger partial charge in [-0.1, -0.05) is 0 Å². The lowest BCUT2D eigenvalue weighted by molar-refractivity contribution is -0.384. The minimum absolute atomic E-state index is 0.154. The fraction of sp³-hybridized carbons (Fsp3) is 0.214. The van der Waals surface area contributed by atoms with E-state index in [1.165, 1.54) is 0 Å². The van der Waals surface area contributed by atoms with Gasteiger partial charge in [0, 0.05) is 39.0 Å². The highest BCUT2D eigenvalue weighted by molar-refractivity contribution is 5.61. The number of rotatable bonds is 5. The largest absolute Gasteiger partial charge is 0.375 e. The van der Waals surface area contributed by atoms with Crippen LogP contribution in [0.3, 0.4) is 0 Å². The van der Waals surface area contributed by atoms with Crippen LogP contribution in [0.1, 0.15) is 5.56 Å². The number of nitrogens with zero attached hydrogens (tertiary/aromatic N) is 3. The number of hydrogen-bond donors (Lipinski definition) is 1. The fourth-order valence-corrected chi connectivity index (χ4v) is 1.82. The van der Waals surface area contributed by atoms with Crippen molar-refractivity contribution in [3.05, 3.63) is 58.0 Å². The van der Waals surface area contributed by atoms with Gasteiger partial charge in [0.25, 0.3) is 5.69 Å². The molecule has 0 radical (unpaired) electrons. The third kappa shape index (κ3) is 3.65. The number of halogens is 1. The smallest absolute Gasteiger partial charge is 0.292 e. The molecule has 2 rings (SSSR count). The van der Waals surface area contributed by atoms with Gasteiger partial charge < -0.3 is 10.2 Å². The number of pyridine rings is 1. The predicted octanol–water partition coefficient (Wildman–Crippen LogP) is 2.81. The van der Waals surface area contributed by atoms with Crippen molar-refractivity contribution < 1.29 is 9.31 Å². The first-order valence-electron chi connectivity index (χ1n) is 6.27. The Morgan fingerprint density at radius 2 is 2.10 bits per heavy atom. The molecule has 2 aromatic rings. The van der Waals surface area contributed by atoms with Gasteiger partial charge in [-0.25, -0.2) is 9.37 Å². The summed E-state index contributed by atoms with van der Waals surface area (Å²) in [6.07, 6.45) is 1.66. The Labute approximate surface area is 121 Å². The number of nitrogens with one attached hydrogen (secondary N) is 1. The molecule has 0 bridgehead atoms. The van der Waals surface area contributed by atoms with Gasteiger partial charge in [0.1, 0.15) is 17.3 Å². The lowest BCUT2D eigenvalue weighted by Gasteiger charge is -2.13. The van der Waals surface area contributed by atoms with E-state index in [0.29, 0.717) is 6.54 Å². The molecular formula is C14H15FN4O2. The molecule has 0 saturated carbocycles. The highest BCUT2D eigenvalue weighted by Gasteiger charge is 2.14. The van der Waals surface area contributed by atoms with Crippen molar-refractivity contribution >= 4 is 17.2 Å². The van der Waals surface area contributed by atoms with Crippen LogP contribution in [-0.2, 0) is 6.54 Å². The van der Waals surface area contributed by atoms with Crippen molar-refractivity contribution in [1.29, 1.82) is 0 Å². The third-order valence-electron chi connectivity index (χ3n) is 2.91. The van der Waals surface area contributed by atoms with E-state index in [1.54, 1.807) is 12.3 Å². The van der Waals surface area contributed by atoms with Crippen LogP contribution in [0.25, 0.3) is 0 Å². The number of nitro groups is 1. The van der Waals surface area contributed by atoms with Gasteiger partial charge in [0.2, 0.25) is 0 Å². The molecule has 0 saturated heterocycles. The summed E-state index contributed by atoms with van der Waals surface area (Å²) in [5, 5.41) is 13.8. The Morgan fingerprint density at radius 1 is 1.33 bits per heavy atom. The highest BCUT2D eigenvalue weighted by atomic mass is 19.1. The van der Waals surface area contributed by atoms with E-state index in [2.05, 4.69) is 10.3 Å². The quantitative estimate of drug-likeness (QED) is 0.677. The summed E-state index contributed by atoms with van der Waals surface area (Å²) in [5.74, 6) is 0.259. The van der Waals surface area contributed by atoms with Crippen molar-refractivity contribution in [2.75, 3.05) is 24.3 Å². The summed E-state index contributed by atoms with van der Waals surface area (Å²) >= 11 is 0. The van der Waals surface area contributed by atoms with Crippen LogP contribution >= 0.6 is 0 Å². The van der Waals surface area contributed by atoms with E-state index >= 15 is 0 Å². The molecule has 0 amide bonds. The average molecular weight is 290 g/mol. The second kappa shape index (κ2) is 6.17. The summed E-state index contributed by atoms with van der Waals surface area (Å²) in [4.78, 5) is 16.4. The highest BCUT2D eigenvalue weighted by Crippen LogP contribution is 2.25. The van der Waals surface area contributed by atoms with Gasteiger partial charge in [0.15, 0.2) is 0 Å². The van der Waals surface area contributed by atoms with Crippen LogP contribution in [0.2, 0.25) is 0 Å². The van der Waals surface area contributed by atoms with Crippen LogP contribution in [0.15, 0.2) is 36.5 Å². The van der Waals surface area contributed by atoms with E-state index in [9.17, 15) is 14.5 Å². The van der Waals surface area contributed by atoms with Crippen molar-refractivity contribution in [2.45, 2.75) is 6.54 Å². The predicted molar refractivity (Wildman–Crippen MR) is 78.9 cm³/mol. The monoisotopic (exact) mass is 290 g/mol. The minimum Gasteiger partial charge on any atom is -0.375 e. The molecule has 7 heteroatoms. The second-order valence-electron chi connectivity index (χ2n) is 4.69. The number of aromatic nitrogens is 1. The van der Waals surface area contributed by atoms with Crippen LogP contribution < -0.4 is 10.2 Å². The van der Waals surface area contributed by atoms with Gasteiger partial charge in [-0.15, -0.1) is 0 Å². The maximum absolute atomic E-state index is 13.2.